The number of ketones is 1. The molecule has 1 saturated carbocycles. The zero-order valence-corrected chi connectivity index (χ0v) is 14.6. The summed E-state index contributed by atoms with van der Waals surface area (Å²) in [6, 6.07) is 8.74. The Morgan fingerprint density at radius 1 is 1.20 bits per heavy atom. The molecule has 1 aromatic rings. The highest BCUT2D eigenvalue weighted by Gasteiger charge is 2.49. The standard InChI is InChI=1S/C18H25NO6/c1-13-16(11-25-12-23-2)18(19(21)22)15(8-17(13)20)10-24-9-14-6-4-3-5-7-14/h3-7,13,15-16,18H,8-12H2,1-2H3/t13-,15-,16+,18-/m1/s1. The normalized spacial score (nSPS) is 26.6. The molecule has 0 heterocycles. The van der Waals surface area contributed by atoms with Crippen LogP contribution in [0, 0.1) is 27.9 Å². The Bertz CT molecular complexity index is 564. The van der Waals surface area contributed by atoms with Crippen LogP contribution in [0.4, 0.5) is 0 Å². The number of ether oxygens (including phenoxy) is 3. The summed E-state index contributed by atoms with van der Waals surface area (Å²) in [7, 11) is 1.49. The molecule has 0 saturated heterocycles. The molecular formula is C18H25NO6. The molecule has 0 unspecified atom stereocenters. The van der Waals surface area contributed by atoms with Crippen LogP contribution in [-0.2, 0) is 25.6 Å². The van der Waals surface area contributed by atoms with Crippen molar-refractivity contribution in [3.8, 4) is 0 Å². The Morgan fingerprint density at radius 2 is 1.92 bits per heavy atom. The Hall–Kier alpha value is -1.83. The van der Waals surface area contributed by atoms with E-state index >= 15 is 0 Å². The van der Waals surface area contributed by atoms with Crippen LogP contribution in [-0.4, -0.2) is 43.9 Å². The first-order chi connectivity index (χ1) is 12.0. The van der Waals surface area contributed by atoms with Gasteiger partial charge in [-0.3, -0.25) is 14.9 Å². The lowest BCUT2D eigenvalue weighted by Gasteiger charge is -2.35. The maximum Gasteiger partial charge on any atom is 0.224 e. The molecule has 0 bridgehead atoms. The minimum Gasteiger partial charge on any atom is -0.376 e. The first-order valence-electron chi connectivity index (χ1n) is 8.39. The highest BCUT2D eigenvalue weighted by molar-refractivity contribution is 5.82. The summed E-state index contributed by atoms with van der Waals surface area (Å²) in [6.45, 7) is 2.47. The van der Waals surface area contributed by atoms with Gasteiger partial charge in [-0.15, -0.1) is 0 Å². The molecule has 1 aliphatic carbocycles. The van der Waals surface area contributed by atoms with Crippen LogP contribution in [0.25, 0.3) is 0 Å². The first-order valence-corrected chi connectivity index (χ1v) is 8.39. The van der Waals surface area contributed by atoms with E-state index in [4.69, 9.17) is 14.2 Å². The van der Waals surface area contributed by atoms with Crippen LogP contribution < -0.4 is 0 Å². The number of nitro groups is 1. The van der Waals surface area contributed by atoms with E-state index in [1.54, 1.807) is 6.92 Å². The number of carbonyl (C=O) groups is 1. The molecule has 0 amide bonds. The molecule has 0 N–H and O–H groups in total. The maximum absolute atomic E-state index is 12.3. The van der Waals surface area contributed by atoms with Crippen molar-refractivity contribution in [1.82, 2.24) is 0 Å². The molecule has 138 valence electrons. The van der Waals surface area contributed by atoms with Crippen LogP contribution in [0.5, 0.6) is 0 Å². The number of rotatable bonds is 9. The van der Waals surface area contributed by atoms with E-state index in [1.165, 1.54) is 7.11 Å². The lowest BCUT2D eigenvalue weighted by atomic mass is 9.71. The molecule has 7 heteroatoms. The van der Waals surface area contributed by atoms with Crippen molar-refractivity contribution >= 4 is 5.78 Å². The molecule has 2 rings (SSSR count). The van der Waals surface area contributed by atoms with Gasteiger partial charge in [-0.05, 0) is 5.56 Å². The number of hydrogen-bond donors (Lipinski definition) is 0. The number of hydrogen-bond acceptors (Lipinski definition) is 6. The van der Waals surface area contributed by atoms with Crippen LogP contribution in [0.15, 0.2) is 30.3 Å². The highest BCUT2D eigenvalue weighted by atomic mass is 16.7. The van der Waals surface area contributed by atoms with Crippen LogP contribution in [0.2, 0.25) is 0 Å². The summed E-state index contributed by atoms with van der Waals surface area (Å²) >= 11 is 0. The third kappa shape index (κ3) is 5.32. The van der Waals surface area contributed by atoms with E-state index in [0.717, 1.165) is 5.56 Å². The molecular weight excluding hydrogens is 326 g/mol. The van der Waals surface area contributed by atoms with Gasteiger partial charge >= 0.3 is 0 Å². The van der Waals surface area contributed by atoms with Gasteiger partial charge in [0.2, 0.25) is 6.04 Å². The fourth-order valence-corrected chi connectivity index (χ4v) is 3.35. The van der Waals surface area contributed by atoms with Gasteiger partial charge in [0.25, 0.3) is 0 Å². The minimum absolute atomic E-state index is 0.0254. The van der Waals surface area contributed by atoms with Crippen molar-refractivity contribution in [3.63, 3.8) is 0 Å². The van der Waals surface area contributed by atoms with E-state index in [-0.39, 0.29) is 37.1 Å². The lowest BCUT2D eigenvalue weighted by molar-refractivity contribution is -0.547. The van der Waals surface area contributed by atoms with Gasteiger partial charge in [-0.25, -0.2) is 0 Å². The van der Waals surface area contributed by atoms with Crippen molar-refractivity contribution in [2.45, 2.75) is 26.0 Å². The van der Waals surface area contributed by atoms with Crippen molar-refractivity contribution in [2.75, 3.05) is 27.1 Å². The van der Waals surface area contributed by atoms with Gasteiger partial charge in [0.1, 0.15) is 12.6 Å². The van der Waals surface area contributed by atoms with Gasteiger partial charge in [0.05, 0.1) is 31.7 Å². The molecule has 0 radical (unpaired) electrons. The van der Waals surface area contributed by atoms with Crippen molar-refractivity contribution in [3.05, 3.63) is 46.0 Å². The van der Waals surface area contributed by atoms with E-state index in [1.807, 2.05) is 30.3 Å². The monoisotopic (exact) mass is 351 g/mol. The van der Waals surface area contributed by atoms with Crippen molar-refractivity contribution < 1.29 is 23.9 Å². The van der Waals surface area contributed by atoms with E-state index in [9.17, 15) is 14.9 Å². The maximum atomic E-state index is 12.3. The van der Waals surface area contributed by atoms with E-state index < -0.39 is 23.8 Å². The van der Waals surface area contributed by atoms with Crippen LogP contribution in [0.3, 0.4) is 0 Å². The zero-order chi connectivity index (χ0) is 18.2. The molecule has 0 aliphatic heterocycles. The van der Waals surface area contributed by atoms with Gasteiger partial charge < -0.3 is 14.2 Å². The third-order valence-electron chi connectivity index (χ3n) is 4.73. The number of methoxy groups -OCH3 is 1. The lowest BCUT2D eigenvalue weighted by Crippen LogP contribution is -2.50. The molecule has 0 aromatic heterocycles. The average Bonchev–Trinajstić information content (AvgIpc) is 2.59. The fourth-order valence-electron chi connectivity index (χ4n) is 3.35. The van der Waals surface area contributed by atoms with Crippen molar-refractivity contribution in [1.29, 1.82) is 0 Å². The van der Waals surface area contributed by atoms with E-state index in [0.29, 0.717) is 6.61 Å². The second-order valence-electron chi connectivity index (χ2n) is 6.44. The Balaban J connectivity index is 2.01. The quantitative estimate of drug-likeness (QED) is 0.294. The van der Waals surface area contributed by atoms with Crippen molar-refractivity contribution in [2.24, 2.45) is 17.8 Å². The summed E-state index contributed by atoms with van der Waals surface area (Å²) in [5, 5.41) is 11.6. The minimum atomic E-state index is -0.861. The average molecular weight is 351 g/mol. The Labute approximate surface area is 147 Å². The molecule has 4 atom stereocenters. The van der Waals surface area contributed by atoms with Gasteiger partial charge in [-0.2, -0.15) is 0 Å². The number of nitrogens with zero attached hydrogens (tertiary/aromatic N) is 1. The topological polar surface area (TPSA) is 87.9 Å². The van der Waals surface area contributed by atoms with E-state index in [2.05, 4.69) is 0 Å². The predicted octanol–water partition coefficient (Wildman–Crippen LogP) is 2.31. The zero-order valence-electron chi connectivity index (χ0n) is 14.6. The summed E-state index contributed by atoms with van der Waals surface area (Å²) in [5.74, 6) is -1.30. The van der Waals surface area contributed by atoms with Gasteiger partial charge in [0, 0.05) is 24.4 Å². The predicted molar refractivity (Wildman–Crippen MR) is 90.5 cm³/mol. The summed E-state index contributed by atoms with van der Waals surface area (Å²) < 4.78 is 15.8. The van der Waals surface area contributed by atoms with Crippen LogP contribution in [0.1, 0.15) is 18.9 Å². The van der Waals surface area contributed by atoms with Gasteiger partial charge in [-0.1, -0.05) is 37.3 Å². The molecule has 1 aromatic carbocycles. The number of benzene rings is 1. The smallest absolute Gasteiger partial charge is 0.224 e. The summed E-state index contributed by atoms with van der Waals surface area (Å²) in [5.41, 5.74) is 0.996. The second-order valence-corrected chi connectivity index (χ2v) is 6.44. The number of Topliss-reactive ketones (excluding diaryl/α,β-unsaturated/α-hetero) is 1. The SMILES string of the molecule is COCOC[C@@H]1[C@H]([N+](=O)[O-])[C@@H](COCc2ccccc2)CC(=O)[C@@H]1C. The molecule has 0 spiro atoms. The summed E-state index contributed by atoms with van der Waals surface area (Å²) in [6.07, 6.45) is 0.169. The third-order valence-corrected chi connectivity index (χ3v) is 4.73. The molecule has 1 fully saturated rings. The fraction of sp³-hybridized carbons (Fsp3) is 0.611. The largest absolute Gasteiger partial charge is 0.376 e. The molecule has 25 heavy (non-hydrogen) atoms. The summed E-state index contributed by atoms with van der Waals surface area (Å²) in [4.78, 5) is 23.6. The molecule has 7 nitrogen and oxygen atoms in total. The second kappa shape index (κ2) is 9.60. The first kappa shape index (κ1) is 19.5. The Morgan fingerprint density at radius 3 is 2.56 bits per heavy atom. The Kier molecular flexibility index (Phi) is 7.49. The molecule has 1 aliphatic rings. The van der Waals surface area contributed by atoms with Gasteiger partial charge in [0.15, 0.2) is 0 Å². The number of carbonyl (C=O) groups excluding carboxylic acids is 1. The van der Waals surface area contributed by atoms with Crippen LogP contribution >= 0.6 is 0 Å². The highest BCUT2D eigenvalue weighted by Crippen LogP contribution is 2.34.